The van der Waals surface area contributed by atoms with Crippen LogP contribution in [-0.4, -0.2) is 6.03 Å². The second-order valence-electron chi connectivity index (χ2n) is 5.44. The van der Waals surface area contributed by atoms with E-state index >= 15 is 0 Å². The van der Waals surface area contributed by atoms with Gasteiger partial charge in [0.1, 0.15) is 17.2 Å². The molecule has 118 valence electrons. The molecule has 0 aliphatic rings. The Balaban J connectivity index is 1.72. The van der Waals surface area contributed by atoms with Gasteiger partial charge in [0.05, 0.1) is 11.7 Å². The molecule has 0 fully saturated rings. The third-order valence-corrected chi connectivity index (χ3v) is 3.68. The van der Waals surface area contributed by atoms with Crippen LogP contribution in [0.5, 0.6) is 0 Å². The number of para-hydroxylation sites is 2. The largest absolute Gasteiger partial charge is 0.459 e. The maximum atomic E-state index is 13.7. The van der Waals surface area contributed by atoms with Crippen LogP contribution >= 0.6 is 0 Å². The number of carbonyl (C=O) groups is 1. The molecule has 0 saturated heterocycles. The molecule has 2 aromatic carbocycles. The summed E-state index contributed by atoms with van der Waals surface area (Å²) in [4.78, 5) is 12.1. The standard InChI is InChI=1S/C18H17FN2O2/c1-11-6-5-8-14(19)17(11)21-18(22)20-12(2)16-10-13-7-3-4-9-15(13)23-16/h3-10,12H,1-2H3,(H2,20,21,22)/t12-/m0/s1. The minimum atomic E-state index is -0.480. The first kappa shape index (κ1) is 15.1. The van der Waals surface area contributed by atoms with E-state index in [1.165, 1.54) is 6.07 Å². The van der Waals surface area contributed by atoms with E-state index in [1.807, 2.05) is 37.3 Å². The van der Waals surface area contributed by atoms with Crippen molar-refractivity contribution in [2.45, 2.75) is 19.9 Å². The van der Waals surface area contributed by atoms with E-state index in [0.29, 0.717) is 11.3 Å². The molecule has 3 rings (SSSR count). The molecule has 3 aromatic rings. The van der Waals surface area contributed by atoms with E-state index in [9.17, 15) is 9.18 Å². The molecule has 0 aliphatic carbocycles. The Bertz CT molecular complexity index is 804. The highest BCUT2D eigenvalue weighted by Crippen LogP contribution is 2.24. The normalized spacial score (nSPS) is 12.1. The lowest BCUT2D eigenvalue weighted by molar-refractivity contribution is 0.247. The first-order valence-corrected chi connectivity index (χ1v) is 7.35. The number of carbonyl (C=O) groups excluding carboxylic acids is 1. The molecule has 0 bridgehead atoms. The predicted octanol–water partition coefficient (Wildman–Crippen LogP) is 4.76. The highest BCUT2D eigenvalue weighted by atomic mass is 19.1. The van der Waals surface area contributed by atoms with Gasteiger partial charge in [-0.1, -0.05) is 30.3 Å². The monoisotopic (exact) mass is 312 g/mol. The van der Waals surface area contributed by atoms with Crippen molar-refractivity contribution in [1.82, 2.24) is 5.32 Å². The van der Waals surface area contributed by atoms with Gasteiger partial charge >= 0.3 is 6.03 Å². The number of hydrogen-bond acceptors (Lipinski definition) is 2. The summed E-state index contributed by atoms with van der Waals surface area (Å²) in [5, 5.41) is 6.27. The molecule has 0 aliphatic heterocycles. The van der Waals surface area contributed by atoms with E-state index < -0.39 is 11.8 Å². The first-order chi connectivity index (χ1) is 11.0. The average molecular weight is 312 g/mol. The summed E-state index contributed by atoms with van der Waals surface area (Å²) in [7, 11) is 0. The molecule has 23 heavy (non-hydrogen) atoms. The highest BCUT2D eigenvalue weighted by Gasteiger charge is 2.15. The van der Waals surface area contributed by atoms with Crippen LogP contribution in [0.15, 0.2) is 52.9 Å². The number of hydrogen-bond donors (Lipinski definition) is 2. The van der Waals surface area contributed by atoms with Crippen LogP contribution in [0.4, 0.5) is 14.9 Å². The lowest BCUT2D eigenvalue weighted by Gasteiger charge is -2.14. The SMILES string of the molecule is Cc1cccc(F)c1NC(=O)N[C@@H](C)c1cc2ccccc2o1. The van der Waals surface area contributed by atoms with Crippen molar-refractivity contribution < 1.29 is 13.6 Å². The molecule has 4 nitrogen and oxygen atoms in total. The smallest absolute Gasteiger partial charge is 0.319 e. The van der Waals surface area contributed by atoms with E-state index in [-0.39, 0.29) is 11.7 Å². The number of halogens is 1. The zero-order chi connectivity index (χ0) is 16.4. The van der Waals surface area contributed by atoms with Crippen molar-refractivity contribution in [3.63, 3.8) is 0 Å². The maximum Gasteiger partial charge on any atom is 0.319 e. The van der Waals surface area contributed by atoms with Crippen LogP contribution < -0.4 is 10.6 Å². The van der Waals surface area contributed by atoms with Crippen LogP contribution in [0.1, 0.15) is 24.3 Å². The molecular formula is C18H17FN2O2. The average Bonchev–Trinajstić information content (AvgIpc) is 2.95. The highest BCUT2D eigenvalue weighted by molar-refractivity contribution is 5.90. The number of urea groups is 1. The minimum Gasteiger partial charge on any atom is -0.459 e. The second-order valence-corrected chi connectivity index (χ2v) is 5.44. The summed E-state index contributed by atoms with van der Waals surface area (Å²) in [6, 6.07) is 13.3. The van der Waals surface area contributed by atoms with Crippen LogP contribution in [0.2, 0.25) is 0 Å². The van der Waals surface area contributed by atoms with Crippen LogP contribution in [0, 0.1) is 12.7 Å². The number of benzene rings is 2. The third kappa shape index (κ3) is 3.18. The number of anilines is 1. The van der Waals surface area contributed by atoms with Gasteiger partial charge < -0.3 is 15.1 Å². The van der Waals surface area contributed by atoms with Crippen LogP contribution in [0.3, 0.4) is 0 Å². The molecule has 0 spiro atoms. The number of nitrogens with one attached hydrogen (secondary N) is 2. The lowest BCUT2D eigenvalue weighted by Crippen LogP contribution is -2.31. The fourth-order valence-electron chi connectivity index (χ4n) is 2.42. The van der Waals surface area contributed by atoms with Crippen molar-refractivity contribution in [2.24, 2.45) is 0 Å². The van der Waals surface area contributed by atoms with Crippen molar-refractivity contribution >= 4 is 22.7 Å². The topological polar surface area (TPSA) is 54.3 Å². The van der Waals surface area contributed by atoms with E-state index in [1.54, 1.807) is 19.1 Å². The van der Waals surface area contributed by atoms with Gasteiger partial charge in [-0.15, -0.1) is 0 Å². The fourth-order valence-corrected chi connectivity index (χ4v) is 2.42. The molecule has 1 atom stereocenters. The molecule has 2 N–H and O–H groups in total. The quantitative estimate of drug-likeness (QED) is 0.732. The zero-order valence-corrected chi connectivity index (χ0v) is 12.9. The Labute approximate surface area is 133 Å². The molecule has 5 heteroatoms. The first-order valence-electron chi connectivity index (χ1n) is 7.35. The predicted molar refractivity (Wildman–Crippen MR) is 87.9 cm³/mol. The minimum absolute atomic E-state index is 0.182. The van der Waals surface area contributed by atoms with Crippen molar-refractivity contribution in [3.05, 3.63) is 65.7 Å². The molecule has 2 amide bonds. The number of aryl methyl sites for hydroxylation is 1. The summed E-state index contributed by atoms with van der Waals surface area (Å²) in [5.41, 5.74) is 1.61. The van der Waals surface area contributed by atoms with Gasteiger partial charge in [-0.3, -0.25) is 0 Å². The summed E-state index contributed by atoms with van der Waals surface area (Å²) >= 11 is 0. The Kier molecular flexibility index (Phi) is 4.02. The molecule has 1 aromatic heterocycles. The van der Waals surface area contributed by atoms with Crippen LogP contribution in [-0.2, 0) is 0 Å². The van der Waals surface area contributed by atoms with Gasteiger partial charge in [0.15, 0.2) is 0 Å². The fraction of sp³-hybridized carbons (Fsp3) is 0.167. The van der Waals surface area contributed by atoms with Crippen molar-refractivity contribution in [1.29, 1.82) is 0 Å². The van der Waals surface area contributed by atoms with E-state index in [4.69, 9.17) is 4.42 Å². The Morgan fingerprint density at radius 2 is 1.96 bits per heavy atom. The number of furan rings is 1. The van der Waals surface area contributed by atoms with Crippen molar-refractivity contribution in [3.8, 4) is 0 Å². The lowest BCUT2D eigenvalue weighted by atomic mass is 10.2. The Morgan fingerprint density at radius 1 is 1.17 bits per heavy atom. The molecule has 1 heterocycles. The summed E-state index contributed by atoms with van der Waals surface area (Å²) in [6.07, 6.45) is 0. The van der Waals surface area contributed by atoms with E-state index in [2.05, 4.69) is 10.6 Å². The van der Waals surface area contributed by atoms with Gasteiger partial charge in [-0.05, 0) is 37.6 Å². The van der Waals surface area contributed by atoms with Gasteiger partial charge in [0, 0.05) is 5.39 Å². The van der Waals surface area contributed by atoms with Gasteiger partial charge in [-0.2, -0.15) is 0 Å². The summed E-state index contributed by atoms with van der Waals surface area (Å²) < 4.78 is 19.5. The Morgan fingerprint density at radius 3 is 2.70 bits per heavy atom. The van der Waals surface area contributed by atoms with E-state index in [0.717, 1.165) is 11.0 Å². The summed E-state index contributed by atoms with van der Waals surface area (Å²) in [6.45, 7) is 3.55. The second kappa shape index (κ2) is 6.12. The third-order valence-electron chi connectivity index (χ3n) is 3.68. The summed E-state index contributed by atoms with van der Waals surface area (Å²) in [5.74, 6) is 0.183. The molecule has 0 radical (unpaired) electrons. The molecule has 0 saturated carbocycles. The maximum absolute atomic E-state index is 13.7. The number of amides is 2. The van der Waals surface area contributed by atoms with Crippen LogP contribution in [0.25, 0.3) is 11.0 Å². The molecule has 0 unspecified atom stereocenters. The van der Waals surface area contributed by atoms with Crippen molar-refractivity contribution in [2.75, 3.05) is 5.32 Å². The van der Waals surface area contributed by atoms with Gasteiger partial charge in [0.25, 0.3) is 0 Å². The number of rotatable bonds is 3. The zero-order valence-electron chi connectivity index (χ0n) is 12.9. The van der Waals surface area contributed by atoms with Gasteiger partial charge in [-0.25, -0.2) is 9.18 Å². The Hall–Kier alpha value is -2.82. The molecular weight excluding hydrogens is 295 g/mol. The van der Waals surface area contributed by atoms with Gasteiger partial charge in [0.2, 0.25) is 0 Å². The number of fused-ring (bicyclic) bond motifs is 1.